The summed E-state index contributed by atoms with van der Waals surface area (Å²) in [6.45, 7) is 0. The molecule has 0 aromatic heterocycles. The zero-order valence-electron chi connectivity index (χ0n) is 12.2. The number of carbonyl (C=O) groups is 3. The third-order valence-corrected chi connectivity index (χ3v) is 5.63. The van der Waals surface area contributed by atoms with Gasteiger partial charge in [-0.1, -0.05) is 0 Å². The normalized spacial score (nSPS) is 28.3. The number of imide groups is 1. The van der Waals surface area contributed by atoms with Crippen molar-refractivity contribution in [3.05, 3.63) is 11.1 Å². The summed E-state index contributed by atoms with van der Waals surface area (Å²) >= 11 is 6.92. The van der Waals surface area contributed by atoms with Crippen molar-refractivity contribution < 1.29 is 19.1 Å². The average molecular weight is 344 g/mol. The number of alkyl halides is 1. The SMILES string of the molecule is O=C(CSN1C(=O)C2=C(CCCC2)C1=O)OC1CCC(Cl)C1. The number of rotatable bonds is 4. The van der Waals surface area contributed by atoms with E-state index >= 15 is 0 Å². The highest BCUT2D eigenvalue weighted by Gasteiger charge is 2.39. The quantitative estimate of drug-likeness (QED) is 0.340. The monoisotopic (exact) mass is 343 g/mol. The standard InChI is InChI=1S/C15H18ClNO4S/c16-9-5-6-10(7-9)21-13(18)8-22-17-14(19)11-3-1-2-4-12(11)15(17)20/h9-10H,1-8H2. The highest BCUT2D eigenvalue weighted by Crippen LogP contribution is 2.36. The largest absolute Gasteiger partial charge is 0.462 e. The second kappa shape index (κ2) is 6.62. The van der Waals surface area contributed by atoms with Crippen LogP contribution in [0.3, 0.4) is 0 Å². The van der Waals surface area contributed by atoms with Crippen LogP contribution in [0.4, 0.5) is 0 Å². The van der Waals surface area contributed by atoms with Gasteiger partial charge in [-0.3, -0.25) is 14.4 Å². The van der Waals surface area contributed by atoms with Gasteiger partial charge in [0.15, 0.2) is 0 Å². The van der Waals surface area contributed by atoms with E-state index in [-0.39, 0.29) is 29.0 Å². The molecule has 3 aliphatic rings. The van der Waals surface area contributed by atoms with E-state index in [0.29, 0.717) is 30.4 Å². The molecule has 7 heteroatoms. The molecule has 1 fully saturated rings. The van der Waals surface area contributed by atoms with Gasteiger partial charge in [-0.15, -0.1) is 11.6 Å². The van der Waals surface area contributed by atoms with Gasteiger partial charge in [-0.2, -0.15) is 0 Å². The van der Waals surface area contributed by atoms with Crippen LogP contribution in [0.25, 0.3) is 0 Å². The van der Waals surface area contributed by atoms with Gasteiger partial charge in [0.1, 0.15) is 11.9 Å². The van der Waals surface area contributed by atoms with Crippen LogP contribution in [-0.4, -0.2) is 39.3 Å². The van der Waals surface area contributed by atoms with E-state index in [1.54, 1.807) is 0 Å². The molecular weight excluding hydrogens is 326 g/mol. The number of esters is 1. The Balaban J connectivity index is 1.51. The van der Waals surface area contributed by atoms with Crippen LogP contribution >= 0.6 is 23.5 Å². The highest BCUT2D eigenvalue weighted by molar-refractivity contribution is 7.98. The molecule has 5 nitrogen and oxygen atoms in total. The summed E-state index contributed by atoms with van der Waals surface area (Å²) in [7, 11) is 0. The second-order valence-electron chi connectivity index (χ2n) is 5.86. The maximum atomic E-state index is 12.2. The maximum Gasteiger partial charge on any atom is 0.318 e. The summed E-state index contributed by atoms with van der Waals surface area (Å²) in [5.74, 6) is -0.925. The first-order valence-corrected chi connectivity index (χ1v) is 9.01. The van der Waals surface area contributed by atoms with Gasteiger partial charge in [-0.25, -0.2) is 4.31 Å². The number of carbonyl (C=O) groups excluding carboxylic acids is 3. The third-order valence-electron chi connectivity index (χ3n) is 4.28. The second-order valence-corrected chi connectivity index (χ2v) is 7.39. The van der Waals surface area contributed by atoms with Crippen molar-refractivity contribution in [2.24, 2.45) is 0 Å². The Kier molecular flexibility index (Phi) is 4.78. The first-order valence-electron chi connectivity index (χ1n) is 7.63. The Morgan fingerprint density at radius 2 is 1.82 bits per heavy atom. The van der Waals surface area contributed by atoms with Crippen LogP contribution in [0.2, 0.25) is 0 Å². The zero-order chi connectivity index (χ0) is 15.7. The van der Waals surface area contributed by atoms with E-state index in [2.05, 4.69) is 0 Å². The first kappa shape index (κ1) is 15.9. The summed E-state index contributed by atoms with van der Waals surface area (Å²) in [5.41, 5.74) is 1.27. The molecule has 0 radical (unpaired) electrons. The first-order chi connectivity index (χ1) is 10.6. The molecule has 120 valence electrons. The van der Waals surface area contributed by atoms with Crippen LogP contribution < -0.4 is 0 Å². The van der Waals surface area contributed by atoms with E-state index < -0.39 is 5.97 Å². The fraction of sp³-hybridized carbons (Fsp3) is 0.667. The lowest BCUT2D eigenvalue weighted by Crippen LogP contribution is -2.27. The summed E-state index contributed by atoms with van der Waals surface area (Å²) in [4.78, 5) is 36.3. The molecule has 3 rings (SSSR count). The molecule has 22 heavy (non-hydrogen) atoms. The molecule has 0 spiro atoms. The zero-order valence-corrected chi connectivity index (χ0v) is 13.8. The van der Waals surface area contributed by atoms with Crippen molar-refractivity contribution >= 4 is 41.3 Å². The van der Waals surface area contributed by atoms with Crippen molar-refractivity contribution in [2.45, 2.75) is 56.4 Å². The molecule has 2 unspecified atom stereocenters. The maximum absolute atomic E-state index is 12.2. The van der Waals surface area contributed by atoms with Crippen LogP contribution in [-0.2, 0) is 19.1 Å². The van der Waals surface area contributed by atoms with Gasteiger partial charge in [-0.05, 0) is 50.5 Å². The van der Waals surface area contributed by atoms with Gasteiger partial charge < -0.3 is 4.74 Å². The van der Waals surface area contributed by atoms with Gasteiger partial charge in [0.25, 0.3) is 11.8 Å². The number of hydrogen-bond acceptors (Lipinski definition) is 5. The van der Waals surface area contributed by atoms with Gasteiger partial charge in [0.05, 0.1) is 0 Å². The van der Waals surface area contributed by atoms with E-state index in [9.17, 15) is 14.4 Å². The molecule has 0 aromatic rings. The van der Waals surface area contributed by atoms with E-state index in [4.69, 9.17) is 16.3 Å². The number of ether oxygens (including phenoxy) is 1. The fourth-order valence-electron chi connectivity index (χ4n) is 3.16. The molecular formula is C15H18ClNO4S. The number of hydrogen-bond donors (Lipinski definition) is 0. The summed E-state index contributed by atoms with van der Waals surface area (Å²) in [6, 6.07) is 0. The van der Waals surface area contributed by atoms with Crippen molar-refractivity contribution in [1.29, 1.82) is 0 Å². The smallest absolute Gasteiger partial charge is 0.318 e. The molecule has 1 saturated carbocycles. The molecule has 2 atom stereocenters. The minimum absolute atomic E-state index is 0.0263. The van der Waals surface area contributed by atoms with E-state index in [1.165, 1.54) is 0 Å². The van der Waals surface area contributed by atoms with Crippen LogP contribution in [0, 0.1) is 0 Å². The Morgan fingerprint density at radius 3 is 2.36 bits per heavy atom. The average Bonchev–Trinajstić information content (AvgIpc) is 3.01. The fourth-order valence-corrected chi connectivity index (χ4v) is 4.25. The molecule has 0 bridgehead atoms. The minimum Gasteiger partial charge on any atom is -0.462 e. The Labute approximate surface area is 138 Å². The van der Waals surface area contributed by atoms with Crippen LogP contribution in [0.1, 0.15) is 44.9 Å². The summed E-state index contributed by atoms with van der Waals surface area (Å²) in [6.07, 6.45) is 5.40. The lowest BCUT2D eigenvalue weighted by Gasteiger charge is -2.15. The van der Waals surface area contributed by atoms with Crippen LogP contribution in [0.15, 0.2) is 11.1 Å². The Hall–Kier alpha value is -1.01. The third kappa shape index (κ3) is 3.18. The lowest BCUT2D eigenvalue weighted by atomic mass is 9.93. The molecule has 1 aliphatic heterocycles. The van der Waals surface area contributed by atoms with Crippen molar-refractivity contribution in [3.63, 3.8) is 0 Å². The van der Waals surface area contributed by atoms with Crippen molar-refractivity contribution in [2.75, 3.05) is 5.75 Å². The Bertz CT molecular complexity index is 520. The van der Waals surface area contributed by atoms with Gasteiger partial charge in [0, 0.05) is 22.9 Å². The molecule has 1 heterocycles. The molecule has 2 amide bonds. The lowest BCUT2D eigenvalue weighted by molar-refractivity contribution is -0.145. The Morgan fingerprint density at radius 1 is 1.18 bits per heavy atom. The molecule has 0 N–H and O–H groups in total. The number of nitrogens with zero attached hydrogens (tertiary/aromatic N) is 1. The van der Waals surface area contributed by atoms with E-state index in [1.807, 2.05) is 0 Å². The van der Waals surface area contributed by atoms with Crippen molar-refractivity contribution in [1.82, 2.24) is 4.31 Å². The molecule has 0 aromatic carbocycles. The van der Waals surface area contributed by atoms with Crippen LogP contribution in [0.5, 0.6) is 0 Å². The predicted molar refractivity (Wildman–Crippen MR) is 83.2 cm³/mol. The van der Waals surface area contributed by atoms with Crippen molar-refractivity contribution in [3.8, 4) is 0 Å². The predicted octanol–water partition coefficient (Wildman–Crippen LogP) is 2.58. The highest BCUT2D eigenvalue weighted by atomic mass is 35.5. The topological polar surface area (TPSA) is 63.7 Å². The van der Waals surface area contributed by atoms with Gasteiger partial charge in [0.2, 0.25) is 0 Å². The molecule has 2 aliphatic carbocycles. The summed E-state index contributed by atoms with van der Waals surface area (Å²) in [5, 5.41) is 0.0723. The minimum atomic E-state index is -0.397. The summed E-state index contributed by atoms with van der Waals surface area (Å²) < 4.78 is 6.44. The number of halogens is 1. The number of amides is 2. The molecule has 0 saturated heterocycles. The van der Waals surface area contributed by atoms with E-state index in [0.717, 1.165) is 41.9 Å². The van der Waals surface area contributed by atoms with Gasteiger partial charge >= 0.3 is 5.97 Å².